The normalized spacial score (nSPS) is 25.2. The Kier molecular flexibility index (Phi) is 3.54. The predicted octanol–water partition coefficient (Wildman–Crippen LogP) is 2.64. The van der Waals surface area contributed by atoms with Gasteiger partial charge in [0.15, 0.2) is 0 Å². The van der Waals surface area contributed by atoms with Crippen LogP contribution >= 0.6 is 0 Å². The third kappa shape index (κ3) is 2.49. The molecule has 0 heterocycles. The molecule has 0 aromatic heterocycles. The SMILES string of the molecule is CCCC(C)C1=CCC(N)C=C1. The molecular formula is C11H19N. The number of hydrogen-bond acceptors (Lipinski definition) is 1. The highest BCUT2D eigenvalue weighted by Crippen LogP contribution is 2.21. The van der Waals surface area contributed by atoms with E-state index in [9.17, 15) is 0 Å². The molecule has 1 heteroatoms. The summed E-state index contributed by atoms with van der Waals surface area (Å²) < 4.78 is 0. The van der Waals surface area contributed by atoms with Crippen LogP contribution in [0.1, 0.15) is 33.1 Å². The molecular weight excluding hydrogens is 146 g/mol. The van der Waals surface area contributed by atoms with E-state index in [1.54, 1.807) is 0 Å². The summed E-state index contributed by atoms with van der Waals surface area (Å²) in [5.74, 6) is 0.707. The topological polar surface area (TPSA) is 26.0 Å². The Bertz CT molecular complexity index is 191. The molecule has 1 aliphatic carbocycles. The first kappa shape index (κ1) is 9.53. The van der Waals surface area contributed by atoms with Gasteiger partial charge in [0, 0.05) is 6.04 Å². The summed E-state index contributed by atoms with van der Waals surface area (Å²) in [6.45, 7) is 4.52. The standard InChI is InChI=1S/C11H19N/c1-3-4-9(2)10-5-7-11(12)8-6-10/h5-7,9,11H,3-4,8,12H2,1-2H3. The molecule has 12 heavy (non-hydrogen) atoms. The first-order valence-corrected chi connectivity index (χ1v) is 4.88. The highest BCUT2D eigenvalue weighted by Gasteiger charge is 2.09. The Morgan fingerprint density at radius 2 is 2.42 bits per heavy atom. The van der Waals surface area contributed by atoms with Crippen LogP contribution in [-0.4, -0.2) is 6.04 Å². The summed E-state index contributed by atoms with van der Waals surface area (Å²) in [6, 6.07) is 0.252. The summed E-state index contributed by atoms with van der Waals surface area (Å²) in [5.41, 5.74) is 7.21. The predicted molar refractivity (Wildman–Crippen MR) is 53.9 cm³/mol. The van der Waals surface area contributed by atoms with Crippen LogP contribution in [0.25, 0.3) is 0 Å². The smallest absolute Gasteiger partial charge is 0.0262 e. The van der Waals surface area contributed by atoms with Gasteiger partial charge >= 0.3 is 0 Å². The van der Waals surface area contributed by atoms with Gasteiger partial charge in [-0.25, -0.2) is 0 Å². The van der Waals surface area contributed by atoms with Crippen molar-refractivity contribution in [2.24, 2.45) is 11.7 Å². The van der Waals surface area contributed by atoms with Crippen LogP contribution in [0.5, 0.6) is 0 Å². The zero-order valence-corrected chi connectivity index (χ0v) is 8.09. The lowest BCUT2D eigenvalue weighted by atomic mass is 9.91. The van der Waals surface area contributed by atoms with E-state index in [0.717, 1.165) is 6.42 Å². The second-order valence-corrected chi connectivity index (χ2v) is 3.65. The summed E-state index contributed by atoms with van der Waals surface area (Å²) in [6.07, 6.45) is 10.1. The van der Waals surface area contributed by atoms with Crippen molar-refractivity contribution in [3.8, 4) is 0 Å². The van der Waals surface area contributed by atoms with Gasteiger partial charge in [-0.15, -0.1) is 0 Å². The molecule has 0 bridgehead atoms. The average Bonchev–Trinajstić information content (AvgIpc) is 2.06. The van der Waals surface area contributed by atoms with Crippen LogP contribution in [-0.2, 0) is 0 Å². The molecule has 0 aliphatic heterocycles. The third-order valence-electron chi connectivity index (χ3n) is 2.45. The first-order chi connectivity index (χ1) is 5.74. The summed E-state index contributed by atoms with van der Waals surface area (Å²) in [4.78, 5) is 0. The van der Waals surface area contributed by atoms with Crippen LogP contribution in [0.2, 0.25) is 0 Å². The lowest BCUT2D eigenvalue weighted by Crippen LogP contribution is -2.18. The van der Waals surface area contributed by atoms with Crippen molar-refractivity contribution in [1.29, 1.82) is 0 Å². The Labute approximate surface area is 75.3 Å². The van der Waals surface area contributed by atoms with E-state index in [2.05, 4.69) is 32.1 Å². The molecule has 0 aromatic carbocycles. The molecule has 0 spiro atoms. The highest BCUT2D eigenvalue weighted by atomic mass is 14.6. The van der Waals surface area contributed by atoms with Gasteiger partial charge in [-0.05, 0) is 24.3 Å². The van der Waals surface area contributed by atoms with Crippen LogP contribution < -0.4 is 5.73 Å². The summed E-state index contributed by atoms with van der Waals surface area (Å²) in [5, 5.41) is 0. The fourth-order valence-corrected chi connectivity index (χ4v) is 1.62. The second-order valence-electron chi connectivity index (χ2n) is 3.65. The third-order valence-corrected chi connectivity index (χ3v) is 2.45. The maximum absolute atomic E-state index is 5.74. The Morgan fingerprint density at radius 3 is 2.92 bits per heavy atom. The lowest BCUT2D eigenvalue weighted by Gasteiger charge is -2.17. The molecule has 2 N–H and O–H groups in total. The quantitative estimate of drug-likeness (QED) is 0.683. The fraction of sp³-hybridized carbons (Fsp3) is 0.636. The molecule has 0 saturated heterocycles. The summed E-state index contributed by atoms with van der Waals surface area (Å²) in [7, 11) is 0. The van der Waals surface area contributed by atoms with E-state index in [0.29, 0.717) is 5.92 Å². The van der Waals surface area contributed by atoms with Gasteiger partial charge in [-0.2, -0.15) is 0 Å². The molecule has 0 aromatic rings. The largest absolute Gasteiger partial charge is 0.324 e. The molecule has 0 saturated carbocycles. The van der Waals surface area contributed by atoms with Crippen molar-refractivity contribution in [3.05, 3.63) is 23.8 Å². The monoisotopic (exact) mass is 165 g/mol. The number of rotatable bonds is 3. The van der Waals surface area contributed by atoms with Crippen molar-refractivity contribution in [2.75, 3.05) is 0 Å². The zero-order valence-electron chi connectivity index (χ0n) is 8.09. The van der Waals surface area contributed by atoms with Gasteiger partial charge in [-0.1, -0.05) is 38.5 Å². The van der Waals surface area contributed by atoms with Crippen LogP contribution in [0.15, 0.2) is 23.8 Å². The van der Waals surface area contributed by atoms with Crippen molar-refractivity contribution in [2.45, 2.75) is 39.2 Å². The number of allylic oxidation sites excluding steroid dienone is 2. The molecule has 0 fully saturated rings. The van der Waals surface area contributed by atoms with Crippen LogP contribution in [0, 0.1) is 5.92 Å². The minimum Gasteiger partial charge on any atom is -0.324 e. The first-order valence-electron chi connectivity index (χ1n) is 4.88. The number of nitrogens with two attached hydrogens (primary N) is 1. The molecule has 68 valence electrons. The molecule has 0 amide bonds. The lowest BCUT2D eigenvalue weighted by molar-refractivity contribution is 0.604. The van der Waals surface area contributed by atoms with Gasteiger partial charge in [0.05, 0.1) is 0 Å². The van der Waals surface area contributed by atoms with Crippen molar-refractivity contribution < 1.29 is 0 Å². The highest BCUT2D eigenvalue weighted by molar-refractivity contribution is 5.26. The van der Waals surface area contributed by atoms with Crippen molar-refractivity contribution in [3.63, 3.8) is 0 Å². The van der Waals surface area contributed by atoms with Gasteiger partial charge in [0.25, 0.3) is 0 Å². The molecule has 0 radical (unpaired) electrons. The van der Waals surface area contributed by atoms with Gasteiger partial charge in [0.2, 0.25) is 0 Å². The van der Waals surface area contributed by atoms with E-state index in [1.165, 1.54) is 18.4 Å². The van der Waals surface area contributed by atoms with Crippen molar-refractivity contribution in [1.82, 2.24) is 0 Å². The maximum atomic E-state index is 5.74. The summed E-state index contributed by atoms with van der Waals surface area (Å²) >= 11 is 0. The van der Waals surface area contributed by atoms with Gasteiger partial charge in [-0.3, -0.25) is 0 Å². The fourth-order valence-electron chi connectivity index (χ4n) is 1.62. The van der Waals surface area contributed by atoms with Crippen LogP contribution in [0.3, 0.4) is 0 Å². The van der Waals surface area contributed by atoms with Crippen LogP contribution in [0.4, 0.5) is 0 Å². The van der Waals surface area contributed by atoms with E-state index in [1.807, 2.05) is 0 Å². The zero-order chi connectivity index (χ0) is 8.97. The second kappa shape index (κ2) is 4.46. The van der Waals surface area contributed by atoms with E-state index >= 15 is 0 Å². The Balaban J connectivity index is 2.48. The minimum absolute atomic E-state index is 0.252. The van der Waals surface area contributed by atoms with E-state index in [4.69, 9.17) is 5.73 Å². The average molecular weight is 165 g/mol. The molecule has 2 atom stereocenters. The Hall–Kier alpha value is -0.560. The minimum atomic E-state index is 0.252. The molecule has 1 rings (SSSR count). The Morgan fingerprint density at radius 1 is 1.67 bits per heavy atom. The van der Waals surface area contributed by atoms with E-state index < -0.39 is 0 Å². The van der Waals surface area contributed by atoms with E-state index in [-0.39, 0.29) is 6.04 Å². The van der Waals surface area contributed by atoms with Gasteiger partial charge in [0.1, 0.15) is 0 Å². The molecule has 1 aliphatic rings. The number of hydrogen-bond donors (Lipinski definition) is 1. The van der Waals surface area contributed by atoms with Crippen molar-refractivity contribution >= 4 is 0 Å². The molecule has 1 nitrogen and oxygen atoms in total. The van der Waals surface area contributed by atoms with Gasteiger partial charge < -0.3 is 5.73 Å². The molecule has 2 unspecified atom stereocenters. The maximum Gasteiger partial charge on any atom is 0.0262 e.